The number of nitrogens with zero attached hydrogens (tertiary/aromatic N) is 4. The van der Waals surface area contributed by atoms with Crippen LogP contribution in [0.25, 0.3) is 16.9 Å². The molecule has 2 aromatic heterocycles. The summed E-state index contributed by atoms with van der Waals surface area (Å²) in [7, 11) is 1.77. The molecule has 3 aromatic rings. The van der Waals surface area contributed by atoms with Crippen molar-refractivity contribution in [1.29, 1.82) is 0 Å². The molecule has 1 aliphatic heterocycles. The van der Waals surface area contributed by atoms with Crippen molar-refractivity contribution in [3.8, 4) is 5.82 Å². The molecule has 0 saturated carbocycles. The second-order valence-corrected chi connectivity index (χ2v) is 9.27. The number of carbonyl (C=O) groups is 2. The van der Waals surface area contributed by atoms with Crippen molar-refractivity contribution in [3.63, 3.8) is 0 Å². The Balaban J connectivity index is 1.60. The van der Waals surface area contributed by atoms with Gasteiger partial charge in [0.1, 0.15) is 17.9 Å². The van der Waals surface area contributed by atoms with Crippen LogP contribution in [0.15, 0.2) is 48.9 Å². The molecule has 1 aromatic carbocycles. The molecule has 174 valence electrons. The number of Topliss-reactive ketones (excluding diaryl/α,β-unsaturated/α-hetero) is 1. The molecule has 4 rings (SSSR count). The number of likely N-dealkylation sites (tertiary alicyclic amines) is 1. The van der Waals surface area contributed by atoms with Crippen LogP contribution in [0.4, 0.5) is 0 Å². The molecule has 0 spiro atoms. The summed E-state index contributed by atoms with van der Waals surface area (Å²) in [5.74, 6) is 0.734. The molecule has 1 saturated heterocycles. The third-order valence-corrected chi connectivity index (χ3v) is 6.85. The van der Waals surface area contributed by atoms with Gasteiger partial charge in [-0.25, -0.2) is 9.97 Å². The summed E-state index contributed by atoms with van der Waals surface area (Å²) in [6, 6.07) is 11.8. The first kappa shape index (κ1) is 23.1. The third kappa shape index (κ3) is 4.69. The van der Waals surface area contributed by atoms with E-state index in [1.54, 1.807) is 19.6 Å². The molecular weight excluding hydrogens is 414 g/mol. The van der Waals surface area contributed by atoms with Crippen LogP contribution in [0.5, 0.6) is 0 Å². The number of carbonyl (C=O) groups excluding carboxylic acids is 2. The fraction of sp³-hybridized carbons (Fsp3) is 0.462. The fourth-order valence-electron chi connectivity index (χ4n) is 4.67. The first-order valence-corrected chi connectivity index (χ1v) is 11.8. The summed E-state index contributed by atoms with van der Waals surface area (Å²) < 4.78 is 1.98. The Morgan fingerprint density at radius 2 is 1.94 bits per heavy atom. The van der Waals surface area contributed by atoms with E-state index in [4.69, 9.17) is 0 Å². The number of amides is 1. The van der Waals surface area contributed by atoms with Gasteiger partial charge in [-0.3, -0.25) is 14.2 Å². The quantitative estimate of drug-likeness (QED) is 0.566. The van der Waals surface area contributed by atoms with Gasteiger partial charge in [0.15, 0.2) is 0 Å². The van der Waals surface area contributed by atoms with Gasteiger partial charge in [0, 0.05) is 25.1 Å². The molecule has 1 aliphatic rings. The number of benzene rings is 1. The van der Waals surface area contributed by atoms with Crippen molar-refractivity contribution in [3.05, 3.63) is 54.5 Å². The van der Waals surface area contributed by atoms with Crippen LogP contribution in [0.3, 0.4) is 0 Å². The second-order valence-electron chi connectivity index (χ2n) is 9.27. The topological polar surface area (TPSA) is 80.1 Å². The predicted molar refractivity (Wildman–Crippen MR) is 129 cm³/mol. The molecule has 1 amide bonds. The Hall–Kier alpha value is -3.06. The van der Waals surface area contributed by atoms with Crippen LogP contribution in [-0.2, 0) is 9.59 Å². The zero-order chi connectivity index (χ0) is 23.5. The van der Waals surface area contributed by atoms with Gasteiger partial charge >= 0.3 is 0 Å². The molecule has 0 bridgehead atoms. The Kier molecular flexibility index (Phi) is 6.88. The maximum atomic E-state index is 13.6. The van der Waals surface area contributed by atoms with Gasteiger partial charge in [-0.15, -0.1) is 0 Å². The van der Waals surface area contributed by atoms with Gasteiger partial charge in [0.25, 0.3) is 0 Å². The zero-order valence-electron chi connectivity index (χ0n) is 19.9. The fourth-order valence-corrected chi connectivity index (χ4v) is 4.67. The van der Waals surface area contributed by atoms with E-state index in [0.29, 0.717) is 6.54 Å². The van der Waals surface area contributed by atoms with E-state index in [1.807, 2.05) is 60.6 Å². The van der Waals surface area contributed by atoms with Crippen LogP contribution in [0.1, 0.15) is 51.6 Å². The number of hydrogen-bond donors (Lipinski definition) is 1. The van der Waals surface area contributed by atoms with Crippen molar-refractivity contribution in [2.45, 2.75) is 52.1 Å². The van der Waals surface area contributed by atoms with Crippen LogP contribution < -0.4 is 5.32 Å². The summed E-state index contributed by atoms with van der Waals surface area (Å²) in [5.41, 5.74) is 2.99. The molecular formula is C26H33N5O2. The largest absolute Gasteiger partial charge is 0.335 e. The zero-order valence-corrected chi connectivity index (χ0v) is 19.9. The Morgan fingerprint density at radius 3 is 2.70 bits per heavy atom. The van der Waals surface area contributed by atoms with Gasteiger partial charge in [0.05, 0.1) is 23.1 Å². The Labute approximate surface area is 195 Å². The number of nitrogens with one attached hydrogen (secondary N) is 1. The Bertz CT molecular complexity index is 1140. The molecule has 1 fully saturated rings. The summed E-state index contributed by atoms with van der Waals surface area (Å²) in [6.45, 7) is 6.62. The molecule has 7 heteroatoms. The van der Waals surface area contributed by atoms with E-state index in [-0.39, 0.29) is 42.0 Å². The summed E-state index contributed by atoms with van der Waals surface area (Å²) >= 11 is 0. The number of hydrogen-bond acceptors (Lipinski definition) is 5. The molecule has 3 heterocycles. The van der Waals surface area contributed by atoms with Crippen LogP contribution >= 0.6 is 0 Å². The monoisotopic (exact) mass is 447 g/mol. The van der Waals surface area contributed by atoms with Crippen LogP contribution in [0.2, 0.25) is 0 Å². The smallest absolute Gasteiger partial charge is 0.226 e. The van der Waals surface area contributed by atoms with E-state index in [1.165, 1.54) is 0 Å². The summed E-state index contributed by atoms with van der Waals surface area (Å²) in [5, 5.41) is 3.00. The highest BCUT2D eigenvalue weighted by molar-refractivity contribution is 5.90. The second kappa shape index (κ2) is 9.83. The number of ketones is 1. The van der Waals surface area contributed by atoms with Crippen molar-refractivity contribution in [2.24, 2.45) is 11.8 Å². The van der Waals surface area contributed by atoms with Gasteiger partial charge in [-0.05, 0) is 62.6 Å². The van der Waals surface area contributed by atoms with E-state index in [2.05, 4.69) is 21.4 Å². The highest BCUT2D eigenvalue weighted by Gasteiger charge is 2.36. The molecule has 0 aliphatic carbocycles. The minimum absolute atomic E-state index is 0.00730. The first-order valence-electron chi connectivity index (χ1n) is 11.8. The van der Waals surface area contributed by atoms with Crippen molar-refractivity contribution < 1.29 is 9.59 Å². The minimum atomic E-state index is -0.312. The van der Waals surface area contributed by atoms with Crippen molar-refractivity contribution >= 4 is 22.7 Å². The normalized spacial score (nSPS) is 18.1. The number of aromatic nitrogens is 3. The van der Waals surface area contributed by atoms with E-state index >= 15 is 0 Å². The van der Waals surface area contributed by atoms with Gasteiger partial charge in [-0.2, -0.15) is 0 Å². The number of fused-ring (bicyclic) bond motifs is 1. The number of likely N-dealkylation sites (N-methyl/N-ethyl adjacent to an activating group) is 1. The maximum Gasteiger partial charge on any atom is 0.226 e. The SMILES string of the molecule is CNC(C)C(=O)CC(C(=O)N1CCCC1c1ccnc(-n2cnc3ccccc32)c1)C(C)C. The Morgan fingerprint density at radius 1 is 1.15 bits per heavy atom. The molecule has 3 atom stereocenters. The molecule has 1 N–H and O–H groups in total. The van der Waals surface area contributed by atoms with E-state index < -0.39 is 0 Å². The highest BCUT2D eigenvalue weighted by Crippen LogP contribution is 2.35. The average Bonchev–Trinajstić information content (AvgIpc) is 3.49. The van der Waals surface area contributed by atoms with Crippen molar-refractivity contribution in [1.82, 2.24) is 24.8 Å². The number of pyridine rings is 1. The van der Waals surface area contributed by atoms with Gasteiger partial charge in [-0.1, -0.05) is 26.0 Å². The standard InChI is InChI=1S/C26H33N5O2/c1-17(2)20(15-24(32)18(3)27-4)26(33)30-13-7-10-22(30)19-11-12-28-25(14-19)31-16-29-21-8-5-6-9-23(21)31/h5-6,8-9,11-12,14,16-18,20,22,27H,7,10,13,15H2,1-4H3. The lowest BCUT2D eigenvalue weighted by atomic mass is 9.87. The van der Waals surface area contributed by atoms with Gasteiger partial charge in [0.2, 0.25) is 5.91 Å². The van der Waals surface area contributed by atoms with E-state index in [0.717, 1.165) is 35.3 Å². The molecule has 33 heavy (non-hydrogen) atoms. The lowest BCUT2D eigenvalue weighted by molar-refractivity contribution is -0.140. The maximum absolute atomic E-state index is 13.6. The van der Waals surface area contributed by atoms with Crippen LogP contribution in [0, 0.1) is 11.8 Å². The highest BCUT2D eigenvalue weighted by atomic mass is 16.2. The lowest BCUT2D eigenvalue weighted by Crippen LogP contribution is -2.41. The predicted octanol–water partition coefficient (Wildman–Crippen LogP) is 3.92. The third-order valence-electron chi connectivity index (χ3n) is 6.85. The first-order chi connectivity index (χ1) is 15.9. The molecule has 0 radical (unpaired) electrons. The molecule has 3 unspecified atom stereocenters. The minimum Gasteiger partial charge on any atom is -0.335 e. The van der Waals surface area contributed by atoms with Crippen LogP contribution in [-0.4, -0.2) is 50.8 Å². The number of para-hydroxylation sites is 2. The molecule has 7 nitrogen and oxygen atoms in total. The summed E-state index contributed by atoms with van der Waals surface area (Å²) in [6.07, 6.45) is 5.72. The van der Waals surface area contributed by atoms with Gasteiger partial charge < -0.3 is 10.2 Å². The lowest BCUT2D eigenvalue weighted by Gasteiger charge is -2.31. The number of rotatable bonds is 8. The van der Waals surface area contributed by atoms with E-state index in [9.17, 15) is 9.59 Å². The van der Waals surface area contributed by atoms with Crippen molar-refractivity contribution in [2.75, 3.05) is 13.6 Å². The average molecular weight is 448 g/mol. The summed E-state index contributed by atoms with van der Waals surface area (Å²) in [4.78, 5) is 37.3. The number of imidazole rings is 1.